The lowest BCUT2D eigenvalue weighted by Crippen LogP contribution is -2.32. The van der Waals surface area contributed by atoms with Gasteiger partial charge in [0.2, 0.25) is 11.8 Å². The number of unbranched alkanes of at least 4 members (excludes halogenated alkanes) is 1. The molecule has 1 N–H and O–H groups in total. The Hall–Kier alpha value is -2.36. The maximum atomic E-state index is 13.2. The number of para-hydroxylation sites is 1. The topological polar surface area (TPSA) is 49.4 Å². The Bertz CT molecular complexity index is 1040. The third-order valence-corrected chi connectivity index (χ3v) is 8.98. The highest BCUT2D eigenvalue weighted by Gasteiger charge is 2.21. The highest BCUT2D eigenvalue weighted by molar-refractivity contribution is 8.77. The second-order valence-corrected chi connectivity index (χ2v) is 11.2. The number of carbonyl (C=O) groups is 2. The van der Waals surface area contributed by atoms with E-state index in [1.165, 1.54) is 18.6 Å². The molecule has 0 aliphatic carbocycles. The molecule has 2 heterocycles. The maximum absolute atomic E-state index is 13.2. The molecule has 2 aliphatic rings. The van der Waals surface area contributed by atoms with Gasteiger partial charge in [-0.25, -0.2) is 0 Å². The summed E-state index contributed by atoms with van der Waals surface area (Å²) in [6.45, 7) is 1.04. The first-order valence-corrected chi connectivity index (χ1v) is 14.1. The second kappa shape index (κ2) is 12.2. The van der Waals surface area contributed by atoms with E-state index in [4.69, 9.17) is 0 Å². The molecule has 0 saturated carbocycles. The van der Waals surface area contributed by atoms with E-state index in [-0.39, 0.29) is 11.8 Å². The van der Waals surface area contributed by atoms with Crippen LogP contribution in [0.25, 0.3) is 0 Å². The molecule has 1 saturated heterocycles. The number of anilines is 1. The predicted octanol–water partition coefficient (Wildman–Crippen LogP) is 5.54. The van der Waals surface area contributed by atoms with Crippen LogP contribution in [0.3, 0.4) is 0 Å². The largest absolute Gasteiger partial charge is 0.356 e. The van der Waals surface area contributed by atoms with Gasteiger partial charge in [-0.3, -0.25) is 9.59 Å². The van der Waals surface area contributed by atoms with Crippen LogP contribution >= 0.6 is 21.6 Å². The Kier molecular flexibility index (Phi) is 8.79. The Balaban J connectivity index is 1.25. The lowest BCUT2D eigenvalue weighted by molar-refractivity contribution is -0.122. The van der Waals surface area contributed by atoms with Gasteiger partial charge in [-0.2, -0.15) is 0 Å². The van der Waals surface area contributed by atoms with E-state index in [0.717, 1.165) is 40.5 Å². The highest BCUT2D eigenvalue weighted by atomic mass is 33.1. The van der Waals surface area contributed by atoms with Crippen LogP contribution in [0.4, 0.5) is 5.69 Å². The number of nitrogens with zero attached hydrogens (tertiary/aromatic N) is 1. The van der Waals surface area contributed by atoms with Crippen LogP contribution in [0.1, 0.15) is 61.6 Å². The van der Waals surface area contributed by atoms with Gasteiger partial charge in [-0.1, -0.05) is 70.2 Å². The molecule has 2 aromatic carbocycles. The predicted molar refractivity (Wildman–Crippen MR) is 139 cm³/mol. The minimum absolute atomic E-state index is 0.0575. The molecule has 0 spiro atoms. The van der Waals surface area contributed by atoms with Crippen molar-refractivity contribution in [3.8, 4) is 11.8 Å². The van der Waals surface area contributed by atoms with Gasteiger partial charge in [0.15, 0.2) is 0 Å². The van der Waals surface area contributed by atoms with Gasteiger partial charge >= 0.3 is 0 Å². The fourth-order valence-electron chi connectivity index (χ4n) is 4.12. The van der Waals surface area contributed by atoms with Crippen LogP contribution < -0.4 is 10.2 Å². The number of hydrogen-bond donors (Lipinski definition) is 1. The monoisotopic (exact) mass is 478 g/mol. The minimum atomic E-state index is 0.0575. The summed E-state index contributed by atoms with van der Waals surface area (Å²) in [5.41, 5.74) is 3.73. The number of fused-ring (bicyclic) bond motifs is 2. The van der Waals surface area contributed by atoms with E-state index in [9.17, 15) is 9.59 Å². The molecule has 172 valence electrons. The third kappa shape index (κ3) is 6.82. The quantitative estimate of drug-likeness (QED) is 0.292. The van der Waals surface area contributed by atoms with Crippen molar-refractivity contribution in [2.24, 2.45) is 0 Å². The maximum Gasteiger partial charge on any atom is 0.227 e. The molecule has 4 rings (SSSR count). The molecule has 1 fully saturated rings. The fraction of sp³-hybridized carbons (Fsp3) is 0.407. The molecule has 0 radical (unpaired) electrons. The summed E-state index contributed by atoms with van der Waals surface area (Å²) in [5.74, 6) is 7.88. The summed E-state index contributed by atoms with van der Waals surface area (Å²) in [5, 5.41) is 3.76. The van der Waals surface area contributed by atoms with Crippen LogP contribution in [-0.4, -0.2) is 29.4 Å². The Labute approximate surface area is 204 Å². The van der Waals surface area contributed by atoms with Crippen molar-refractivity contribution in [1.29, 1.82) is 0 Å². The zero-order valence-corrected chi connectivity index (χ0v) is 20.5. The van der Waals surface area contributed by atoms with Gasteiger partial charge in [0.25, 0.3) is 0 Å². The first-order valence-electron chi connectivity index (χ1n) is 11.7. The van der Waals surface area contributed by atoms with E-state index >= 15 is 0 Å². The Morgan fingerprint density at radius 3 is 2.61 bits per heavy atom. The number of carbonyl (C=O) groups excluding carboxylic acids is 2. The van der Waals surface area contributed by atoms with Gasteiger partial charge in [0.05, 0.1) is 12.2 Å². The molecule has 4 nitrogen and oxygen atoms in total. The molecule has 1 unspecified atom stereocenters. The lowest BCUT2D eigenvalue weighted by atomic mass is 10.0. The van der Waals surface area contributed by atoms with E-state index in [0.29, 0.717) is 32.4 Å². The normalized spacial score (nSPS) is 16.6. The van der Waals surface area contributed by atoms with Gasteiger partial charge in [0, 0.05) is 41.5 Å². The number of rotatable bonds is 9. The summed E-state index contributed by atoms with van der Waals surface area (Å²) in [4.78, 5) is 27.2. The average molecular weight is 479 g/mol. The smallest absolute Gasteiger partial charge is 0.227 e. The standard InChI is InChI=1S/C27H30N2O2S2/c30-26(13-6-4-11-24-17-19-32-33-24)28-18-7-14-27(31)29-20-23-10-2-1-8-21(23)15-16-22-9-3-5-12-25(22)29/h1-3,5,8-10,12,24H,4,6-7,11,13-14,17-20H2,(H,28,30). The van der Waals surface area contributed by atoms with Crippen LogP contribution in [0.15, 0.2) is 48.5 Å². The van der Waals surface area contributed by atoms with Crippen molar-refractivity contribution in [3.63, 3.8) is 0 Å². The summed E-state index contributed by atoms with van der Waals surface area (Å²) in [7, 11) is 3.97. The molecule has 2 aromatic rings. The molecule has 0 aromatic heterocycles. The van der Waals surface area contributed by atoms with Gasteiger partial charge in [0.1, 0.15) is 0 Å². The summed E-state index contributed by atoms with van der Waals surface area (Å²) in [6, 6.07) is 15.8. The molecule has 2 amide bonds. The average Bonchev–Trinajstić information content (AvgIpc) is 3.34. The van der Waals surface area contributed by atoms with Crippen molar-refractivity contribution in [3.05, 3.63) is 65.2 Å². The number of amides is 2. The van der Waals surface area contributed by atoms with Crippen molar-refractivity contribution in [1.82, 2.24) is 5.32 Å². The fourth-order valence-corrected chi connectivity index (χ4v) is 7.15. The van der Waals surface area contributed by atoms with Crippen molar-refractivity contribution in [2.45, 2.75) is 56.7 Å². The lowest BCUT2D eigenvalue weighted by Gasteiger charge is -2.26. The van der Waals surface area contributed by atoms with E-state index in [2.05, 4.69) is 17.2 Å². The van der Waals surface area contributed by atoms with Crippen LogP contribution in [-0.2, 0) is 16.1 Å². The molecule has 6 heteroatoms. The van der Waals surface area contributed by atoms with Crippen molar-refractivity contribution >= 4 is 39.1 Å². The van der Waals surface area contributed by atoms with E-state index < -0.39 is 0 Å². The number of benzene rings is 2. The van der Waals surface area contributed by atoms with Gasteiger partial charge < -0.3 is 10.2 Å². The Morgan fingerprint density at radius 1 is 0.970 bits per heavy atom. The first kappa shape index (κ1) is 23.8. The molecular weight excluding hydrogens is 448 g/mol. The van der Waals surface area contributed by atoms with Crippen LogP contribution in [0, 0.1) is 11.8 Å². The number of hydrogen-bond acceptors (Lipinski definition) is 4. The summed E-state index contributed by atoms with van der Waals surface area (Å²) >= 11 is 0. The highest BCUT2D eigenvalue weighted by Crippen LogP contribution is 2.39. The van der Waals surface area contributed by atoms with Crippen LogP contribution in [0.2, 0.25) is 0 Å². The van der Waals surface area contributed by atoms with Crippen LogP contribution in [0.5, 0.6) is 0 Å². The second-order valence-electron chi connectivity index (χ2n) is 8.43. The molecule has 33 heavy (non-hydrogen) atoms. The first-order chi connectivity index (χ1) is 16.2. The van der Waals surface area contributed by atoms with Gasteiger partial charge in [-0.05, 0) is 49.4 Å². The minimum Gasteiger partial charge on any atom is -0.356 e. The van der Waals surface area contributed by atoms with E-state index in [1.54, 1.807) is 0 Å². The molecular formula is C27H30N2O2S2. The zero-order chi connectivity index (χ0) is 22.9. The number of nitrogens with one attached hydrogen (secondary N) is 1. The Morgan fingerprint density at radius 2 is 1.76 bits per heavy atom. The third-order valence-electron chi connectivity index (χ3n) is 5.97. The summed E-state index contributed by atoms with van der Waals surface area (Å²) in [6.07, 6.45) is 6.17. The molecule has 1 atom stereocenters. The van der Waals surface area contributed by atoms with Crippen molar-refractivity contribution in [2.75, 3.05) is 17.2 Å². The van der Waals surface area contributed by atoms with Gasteiger partial charge in [-0.15, -0.1) is 0 Å². The van der Waals surface area contributed by atoms with Crippen molar-refractivity contribution < 1.29 is 9.59 Å². The molecule has 0 bridgehead atoms. The zero-order valence-electron chi connectivity index (χ0n) is 18.8. The molecule has 2 aliphatic heterocycles. The van der Waals surface area contributed by atoms with E-state index in [1.807, 2.05) is 75.0 Å². The SMILES string of the molecule is O=C(CCCCC1CCSS1)NCCCC(=O)N1Cc2ccccc2C#Cc2ccccc21. The summed E-state index contributed by atoms with van der Waals surface area (Å²) < 4.78 is 0.